The maximum Gasteiger partial charge on any atom is 0.277 e. The highest BCUT2D eigenvalue weighted by atomic mass is 32.2. The van der Waals surface area contributed by atoms with Gasteiger partial charge in [-0.15, -0.1) is 10.2 Å². The standard InChI is InChI=1S/C17H12F2N2O2S/c1-10(15(22)12-7-8-13(18)14(19)9-12)24-17-21-20-16(23-17)11-5-3-2-4-6-11/h2-10H,1H3. The van der Waals surface area contributed by atoms with Gasteiger partial charge in [0.05, 0.1) is 5.25 Å². The molecule has 0 aliphatic rings. The summed E-state index contributed by atoms with van der Waals surface area (Å²) in [6.07, 6.45) is 0. The first-order valence-corrected chi connectivity index (χ1v) is 7.97. The average Bonchev–Trinajstić information content (AvgIpc) is 3.06. The number of benzene rings is 2. The number of carbonyl (C=O) groups excluding carboxylic acids is 1. The van der Waals surface area contributed by atoms with Gasteiger partial charge >= 0.3 is 0 Å². The van der Waals surface area contributed by atoms with Crippen LogP contribution in [0.3, 0.4) is 0 Å². The van der Waals surface area contributed by atoms with E-state index in [2.05, 4.69) is 10.2 Å². The minimum Gasteiger partial charge on any atom is -0.411 e. The molecule has 4 nitrogen and oxygen atoms in total. The van der Waals surface area contributed by atoms with Crippen molar-refractivity contribution in [1.29, 1.82) is 0 Å². The second-order valence-electron chi connectivity index (χ2n) is 4.99. The van der Waals surface area contributed by atoms with Gasteiger partial charge in [0.1, 0.15) is 0 Å². The lowest BCUT2D eigenvalue weighted by molar-refractivity contribution is 0.0993. The van der Waals surface area contributed by atoms with E-state index in [1.54, 1.807) is 6.92 Å². The van der Waals surface area contributed by atoms with Crippen molar-refractivity contribution in [2.24, 2.45) is 0 Å². The minimum absolute atomic E-state index is 0.0942. The van der Waals surface area contributed by atoms with Crippen molar-refractivity contribution in [1.82, 2.24) is 10.2 Å². The molecule has 0 saturated heterocycles. The highest BCUT2D eigenvalue weighted by molar-refractivity contribution is 8.00. The van der Waals surface area contributed by atoms with Gasteiger partial charge in [-0.25, -0.2) is 8.78 Å². The molecule has 0 amide bonds. The second-order valence-corrected chi connectivity index (χ2v) is 6.28. The first-order chi connectivity index (χ1) is 11.5. The molecule has 0 aliphatic carbocycles. The monoisotopic (exact) mass is 346 g/mol. The van der Waals surface area contributed by atoms with Crippen molar-refractivity contribution in [3.8, 4) is 11.5 Å². The van der Waals surface area contributed by atoms with Crippen LogP contribution in [0.2, 0.25) is 0 Å². The Hall–Kier alpha value is -2.54. The minimum atomic E-state index is -1.05. The molecular weight excluding hydrogens is 334 g/mol. The van der Waals surface area contributed by atoms with E-state index in [9.17, 15) is 13.6 Å². The Labute approximate surface area is 140 Å². The summed E-state index contributed by atoms with van der Waals surface area (Å²) in [5.41, 5.74) is 0.869. The summed E-state index contributed by atoms with van der Waals surface area (Å²) in [6.45, 7) is 1.64. The zero-order chi connectivity index (χ0) is 17.1. The van der Waals surface area contributed by atoms with Crippen LogP contribution in [-0.2, 0) is 0 Å². The van der Waals surface area contributed by atoms with Gasteiger partial charge in [0.2, 0.25) is 5.89 Å². The number of thioether (sulfide) groups is 1. The Bertz CT molecular complexity index is 868. The number of nitrogens with zero attached hydrogens (tertiary/aromatic N) is 2. The number of carbonyl (C=O) groups is 1. The van der Waals surface area contributed by atoms with Crippen LogP contribution in [0.5, 0.6) is 0 Å². The molecule has 3 aromatic rings. The van der Waals surface area contributed by atoms with Crippen molar-refractivity contribution in [3.05, 3.63) is 65.7 Å². The number of hydrogen-bond acceptors (Lipinski definition) is 5. The highest BCUT2D eigenvalue weighted by Crippen LogP contribution is 2.27. The third kappa shape index (κ3) is 3.51. The fraction of sp³-hybridized carbons (Fsp3) is 0.118. The lowest BCUT2D eigenvalue weighted by Crippen LogP contribution is -2.14. The van der Waals surface area contributed by atoms with Gasteiger partial charge in [0.15, 0.2) is 17.4 Å². The van der Waals surface area contributed by atoms with E-state index < -0.39 is 16.9 Å². The molecule has 1 unspecified atom stereocenters. The number of aromatic nitrogens is 2. The van der Waals surface area contributed by atoms with Crippen LogP contribution >= 0.6 is 11.8 Å². The average molecular weight is 346 g/mol. The topological polar surface area (TPSA) is 56.0 Å². The van der Waals surface area contributed by atoms with Gasteiger partial charge in [-0.05, 0) is 37.3 Å². The van der Waals surface area contributed by atoms with E-state index in [-0.39, 0.29) is 16.6 Å². The van der Waals surface area contributed by atoms with Gasteiger partial charge < -0.3 is 4.42 Å². The molecule has 1 heterocycles. The second kappa shape index (κ2) is 6.92. The molecule has 0 radical (unpaired) electrons. The summed E-state index contributed by atoms with van der Waals surface area (Å²) in [7, 11) is 0. The number of halogens is 2. The SMILES string of the molecule is CC(Sc1nnc(-c2ccccc2)o1)C(=O)c1ccc(F)c(F)c1. The summed E-state index contributed by atoms with van der Waals surface area (Å²) < 4.78 is 31.7. The largest absolute Gasteiger partial charge is 0.411 e. The summed E-state index contributed by atoms with van der Waals surface area (Å²) in [6, 6.07) is 12.3. The Morgan fingerprint density at radius 3 is 2.54 bits per heavy atom. The predicted molar refractivity (Wildman–Crippen MR) is 85.7 cm³/mol. The lowest BCUT2D eigenvalue weighted by Gasteiger charge is -2.07. The van der Waals surface area contributed by atoms with E-state index in [0.29, 0.717) is 5.89 Å². The van der Waals surface area contributed by atoms with Crippen LogP contribution in [0.4, 0.5) is 8.78 Å². The maximum atomic E-state index is 13.2. The van der Waals surface area contributed by atoms with Crippen molar-refractivity contribution in [2.45, 2.75) is 17.4 Å². The summed E-state index contributed by atoms with van der Waals surface area (Å²) in [5, 5.41) is 7.49. The van der Waals surface area contributed by atoms with Gasteiger partial charge in [0, 0.05) is 11.1 Å². The molecule has 1 aromatic heterocycles. The number of rotatable bonds is 5. The first kappa shape index (κ1) is 16.3. The molecule has 24 heavy (non-hydrogen) atoms. The molecule has 0 N–H and O–H groups in total. The molecule has 7 heteroatoms. The van der Waals surface area contributed by atoms with Crippen molar-refractivity contribution in [3.63, 3.8) is 0 Å². The van der Waals surface area contributed by atoms with Crippen molar-refractivity contribution >= 4 is 17.5 Å². The third-order valence-electron chi connectivity index (χ3n) is 3.28. The molecule has 1 atom stereocenters. The molecule has 0 aliphatic heterocycles. The molecular formula is C17H12F2N2O2S. The van der Waals surface area contributed by atoms with E-state index >= 15 is 0 Å². The molecule has 122 valence electrons. The van der Waals surface area contributed by atoms with Crippen LogP contribution in [-0.4, -0.2) is 21.2 Å². The Morgan fingerprint density at radius 1 is 1.08 bits per heavy atom. The van der Waals surface area contributed by atoms with E-state index in [1.807, 2.05) is 30.3 Å². The Morgan fingerprint density at radius 2 is 1.83 bits per heavy atom. The van der Waals surface area contributed by atoms with Gasteiger partial charge in [-0.3, -0.25) is 4.79 Å². The molecule has 0 fully saturated rings. The fourth-order valence-electron chi connectivity index (χ4n) is 2.04. The number of ketones is 1. The van der Waals surface area contributed by atoms with Gasteiger partial charge in [-0.2, -0.15) is 0 Å². The van der Waals surface area contributed by atoms with Crippen molar-refractivity contribution < 1.29 is 18.0 Å². The maximum absolute atomic E-state index is 13.2. The van der Waals surface area contributed by atoms with E-state index in [4.69, 9.17) is 4.42 Å². The van der Waals surface area contributed by atoms with Crippen molar-refractivity contribution in [2.75, 3.05) is 0 Å². The molecule has 0 spiro atoms. The fourth-order valence-corrected chi connectivity index (χ4v) is 2.80. The Kier molecular flexibility index (Phi) is 4.71. The number of Topliss-reactive ketones (excluding diaryl/α,β-unsaturated/α-hetero) is 1. The molecule has 2 aromatic carbocycles. The molecule has 0 bridgehead atoms. The Balaban J connectivity index is 1.72. The van der Waals surface area contributed by atoms with Crippen LogP contribution in [0.1, 0.15) is 17.3 Å². The summed E-state index contributed by atoms with van der Waals surface area (Å²) in [4.78, 5) is 12.3. The van der Waals surface area contributed by atoms with Gasteiger partial charge in [0.25, 0.3) is 5.22 Å². The van der Waals surface area contributed by atoms with Crippen LogP contribution < -0.4 is 0 Å². The summed E-state index contributed by atoms with van der Waals surface area (Å²) in [5.74, 6) is -2.04. The van der Waals surface area contributed by atoms with E-state index in [1.165, 1.54) is 6.07 Å². The quantitative estimate of drug-likeness (QED) is 0.507. The normalized spacial score (nSPS) is 12.1. The highest BCUT2D eigenvalue weighted by Gasteiger charge is 2.21. The van der Waals surface area contributed by atoms with E-state index in [0.717, 1.165) is 29.5 Å². The van der Waals surface area contributed by atoms with Gasteiger partial charge in [-0.1, -0.05) is 30.0 Å². The third-order valence-corrected chi connectivity index (χ3v) is 4.21. The van der Waals surface area contributed by atoms with Crippen LogP contribution in [0.15, 0.2) is 58.2 Å². The first-order valence-electron chi connectivity index (χ1n) is 7.09. The smallest absolute Gasteiger partial charge is 0.277 e. The molecule has 3 rings (SSSR count). The predicted octanol–water partition coefficient (Wildman–Crippen LogP) is 4.38. The molecule has 0 saturated carbocycles. The summed E-state index contributed by atoms with van der Waals surface area (Å²) >= 11 is 1.07. The zero-order valence-corrected chi connectivity index (χ0v) is 13.4. The van der Waals surface area contributed by atoms with Crippen LogP contribution in [0, 0.1) is 11.6 Å². The number of hydrogen-bond donors (Lipinski definition) is 0. The van der Waals surface area contributed by atoms with Crippen LogP contribution in [0.25, 0.3) is 11.5 Å². The zero-order valence-electron chi connectivity index (χ0n) is 12.6. The lowest BCUT2D eigenvalue weighted by atomic mass is 10.1.